The molecule has 32 heavy (non-hydrogen) atoms. The molecule has 7 nitrogen and oxygen atoms in total. The normalized spacial score (nSPS) is 10.9. The number of thiophene rings is 2. The predicted molar refractivity (Wildman–Crippen MR) is 131 cm³/mol. The van der Waals surface area contributed by atoms with E-state index < -0.39 is 0 Å². The molecule has 1 amide bonds. The highest BCUT2D eigenvalue weighted by molar-refractivity contribution is 7.99. The van der Waals surface area contributed by atoms with Crippen LogP contribution in [-0.2, 0) is 17.8 Å². The van der Waals surface area contributed by atoms with Crippen molar-refractivity contribution < 1.29 is 14.3 Å². The third-order valence-electron chi connectivity index (χ3n) is 4.71. The second kappa shape index (κ2) is 10.2. The van der Waals surface area contributed by atoms with Gasteiger partial charge in [-0.25, -0.2) is 4.98 Å². The third kappa shape index (κ3) is 4.98. The molecule has 0 bridgehead atoms. The van der Waals surface area contributed by atoms with Crippen LogP contribution in [0.5, 0.6) is 11.5 Å². The summed E-state index contributed by atoms with van der Waals surface area (Å²) < 4.78 is 12.8. The lowest BCUT2D eigenvalue weighted by Crippen LogP contribution is -2.24. The fourth-order valence-corrected chi connectivity index (χ4v) is 5.43. The Morgan fingerprint density at radius 3 is 2.78 bits per heavy atom. The van der Waals surface area contributed by atoms with Gasteiger partial charge < -0.3 is 14.8 Å². The molecule has 4 rings (SSSR count). The number of ether oxygens (including phenoxy) is 2. The highest BCUT2D eigenvalue weighted by atomic mass is 32.2. The van der Waals surface area contributed by atoms with Crippen LogP contribution in [0.1, 0.15) is 4.88 Å². The van der Waals surface area contributed by atoms with E-state index in [1.165, 1.54) is 35.1 Å². The number of aryl methyl sites for hydroxylation is 1. The van der Waals surface area contributed by atoms with Gasteiger partial charge in [-0.15, -0.1) is 22.7 Å². The number of carbonyl (C=O) groups is 1. The van der Waals surface area contributed by atoms with Gasteiger partial charge in [-0.3, -0.25) is 14.2 Å². The number of rotatable bonds is 9. The molecule has 0 aliphatic rings. The Labute approximate surface area is 197 Å². The quantitative estimate of drug-likeness (QED) is 0.276. The Morgan fingerprint density at radius 2 is 2.03 bits per heavy atom. The largest absolute Gasteiger partial charge is 0.497 e. The fraction of sp³-hybridized carbons (Fsp3) is 0.227. The number of methoxy groups -OCH3 is 2. The first-order chi connectivity index (χ1) is 15.6. The molecule has 0 unspecified atom stereocenters. The molecule has 0 atom stereocenters. The molecule has 0 spiro atoms. The number of carbonyl (C=O) groups excluding carboxylic acids is 1. The summed E-state index contributed by atoms with van der Waals surface area (Å²) in [5, 5.41) is 7.27. The number of benzene rings is 1. The van der Waals surface area contributed by atoms with Crippen molar-refractivity contribution in [3.8, 4) is 11.5 Å². The SMILES string of the molecule is COc1ccc(NC(=O)CSc2nc3ccsc3c(=O)n2CCc2cccs2)c(OC)c1. The van der Waals surface area contributed by atoms with E-state index in [-0.39, 0.29) is 17.2 Å². The van der Waals surface area contributed by atoms with Gasteiger partial charge in [0.15, 0.2) is 5.16 Å². The lowest BCUT2D eigenvalue weighted by molar-refractivity contribution is -0.113. The van der Waals surface area contributed by atoms with Gasteiger partial charge >= 0.3 is 0 Å². The molecule has 3 heterocycles. The zero-order valence-electron chi connectivity index (χ0n) is 17.5. The van der Waals surface area contributed by atoms with Crippen LogP contribution in [0.25, 0.3) is 10.2 Å². The van der Waals surface area contributed by atoms with E-state index in [9.17, 15) is 9.59 Å². The van der Waals surface area contributed by atoms with Crippen LogP contribution in [0.2, 0.25) is 0 Å². The minimum Gasteiger partial charge on any atom is -0.497 e. The van der Waals surface area contributed by atoms with Crippen LogP contribution in [-0.4, -0.2) is 35.4 Å². The lowest BCUT2D eigenvalue weighted by Gasteiger charge is -2.13. The van der Waals surface area contributed by atoms with Crippen LogP contribution in [0, 0.1) is 0 Å². The van der Waals surface area contributed by atoms with Gasteiger partial charge in [0.2, 0.25) is 5.91 Å². The molecule has 0 aliphatic carbocycles. The number of anilines is 1. The Morgan fingerprint density at radius 1 is 1.16 bits per heavy atom. The summed E-state index contributed by atoms with van der Waals surface area (Å²) >= 11 is 4.29. The minimum absolute atomic E-state index is 0.0683. The summed E-state index contributed by atoms with van der Waals surface area (Å²) in [4.78, 5) is 31.5. The summed E-state index contributed by atoms with van der Waals surface area (Å²) in [7, 11) is 3.10. The topological polar surface area (TPSA) is 82.5 Å². The van der Waals surface area contributed by atoms with Crippen molar-refractivity contribution in [2.75, 3.05) is 25.3 Å². The van der Waals surface area contributed by atoms with Crippen LogP contribution in [0.4, 0.5) is 5.69 Å². The molecule has 3 aromatic heterocycles. The van der Waals surface area contributed by atoms with Crippen molar-refractivity contribution in [3.05, 3.63) is 62.4 Å². The molecular weight excluding hydrogens is 466 g/mol. The second-order valence-corrected chi connectivity index (χ2v) is 9.61. The van der Waals surface area contributed by atoms with E-state index >= 15 is 0 Å². The summed E-state index contributed by atoms with van der Waals surface area (Å²) in [6.45, 7) is 0.510. The van der Waals surface area contributed by atoms with Gasteiger partial charge in [0.05, 0.1) is 31.2 Å². The van der Waals surface area contributed by atoms with Gasteiger partial charge in [-0.2, -0.15) is 0 Å². The Hall–Kier alpha value is -2.82. The average Bonchev–Trinajstić information content (AvgIpc) is 3.49. The summed E-state index contributed by atoms with van der Waals surface area (Å²) in [5.74, 6) is 1.03. The highest BCUT2D eigenvalue weighted by Gasteiger charge is 2.15. The van der Waals surface area contributed by atoms with E-state index in [0.717, 1.165) is 6.42 Å². The van der Waals surface area contributed by atoms with Crippen molar-refractivity contribution >= 4 is 56.2 Å². The molecule has 166 valence electrons. The standard InChI is InChI=1S/C22H21N3O4S3/c1-28-14-5-6-16(18(12-14)29-2)23-19(26)13-32-22-24-17-8-11-31-20(17)21(27)25(22)9-7-15-4-3-10-30-15/h3-6,8,10-12H,7,9,13H2,1-2H3,(H,23,26). The minimum atomic E-state index is -0.220. The van der Waals surface area contributed by atoms with Crippen molar-refractivity contribution in [2.24, 2.45) is 0 Å². The first-order valence-electron chi connectivity index (χ1n) is 9.74. The van der Waals surface area contributed by atoms with Crippen LogP contribution in [0.3, 0.4) is 0 Å². The molecule has 0 saturated heterocycles. The zero-order valence-corrected chi connectivity index (χ0v) is 19.9. The highest BCUT2D eigenvalue weighted by Crippen LogP contribution is 2.29. The van der Waals surface area contributed by atoms with Crippen LogP contribution >= 0.6 is 34.4 Å². The number of nitrogens with zero attached hydrogens (tertiary/aromatic N) is 2. The van der Waals surface area contributed by atoms with Crippen LogP contribution < -0.4 is 20.3 Å². The maximum absolute atomic E-state index is 13.0. The van der Waals surface area contributed by atoms with Crippen molar-refractivity contribution in [3.63, 3.8) is 0 Å². The molecular formula is C22H21N3O4S3. The van der Waals surface area contributed by atoms with Gasteiger partial charge in [-0.1, -0.05) is 17.8 Å². The number of nitrogens with one attached hydrogen (secondary N) is 1. The monoisotopic (exact) mass is 487 g/mol. The Kier molecular flexibility index (Phi) is 7.13. The zero-order chi connectivity index (χ0) is 22.5. The van der Waals surface area contributed by atoms with E-state index in [0.29, 0.717) is 39.1 Å². The van der Waals surface area contributed by atoms with Crippen LogP contribution in [0.15, 0.2) is 57.1 Å². The van der Waals surface area contributed by atoms with E-state index in [2.05, 4.69) is 16.4 Å². The molecule has 0 radical (unpaired) electrons. The molecule has 0 aliphatic heterocycles. The second-order valence-electron chi connectivity index (χ2n) is 6.72. The average molecular weight is 488 g/mol. The van der Waals surface area contributed by atoms with E-state index in [1.807, 2.05) is 22.9 Å². The van der Waals surface area contributed by atoms with Crippen molar-refractivity contribution in [1.82, 2.24) is 9.55 Å². The predicted octanol–water partition coefficient (Wildman–Crippen LogP) is 4.51. The number of fused-ring (bicyclic) bond motifs is 1. The number of hydrogen-bond acceptors (Lipinski definition) is 8. The molecule has 4 aromatic rings. The molecule has 10 heteroatoms. The number of amides is 1. The Balaban J connectivity index is 1.51. The van der Waals surface area contributed by atoms with Crippen molar-refractivity contribution in [1.29, 1.82) is 0 Å². The van der Waals surface area contributed by atoms with Gasteiger partial charge in [0, 0.05) is 17.5 Å². The summed E-state index contributed by atoms with van der Waals surface area (Å²) in [6, 6.07) is 11.1. The first kappa shape index (κ1) is 22.4. The Bertz CT molecular complexity index is 1280. The third-order valence-corrected chi connectivity index (χ3v) is 7.51. The van der Waals surface area contributed by atoms with E-state index in [4.69, 9.17) is 9.47 Å². The van der Waals surface area contributed by atoms with Gasteiger partial charge in [-0.05, 0) is 41.4 Å². The number of aromatic nitrogens is 2. The summed E-state index contributed by atoms with van der Waals surface area (Å²) in [5.41, 5.74) is 1.14. The first-order valence-corrected chi connectivity index (χ1v) is 12.5. The molecule has 0 saturated carbocycles. The molecule has 1 aromatic carbocycles. The summed E-state index contributed by atoms with van der Waals surface area (Å²) in [6.07, 6.45) is 0.735. The molecule has 1 N–H and O–H groups in total. The maximum Gasteiger partial charge on any atom is 0.272 e. The van der Waals surface area contributed by atoms with Gasteiger partial charge in [0.1, 0.15) is 16.2 Å². The van der Waals surface area contributed by atoms with E-state index in [1.54, 1.807) is 41.2 Å². The number of hydrogen-bond donors (Lipinski definition) is 1. The lowest BCUT2D eigenvalue weighted by atomic mass is 10.2. The van der Waals surface area contributed by atoms with Gasteiger partial charge in [0.25, 0.3) is 5.56 Å². The smallest absolute Gasteiger partial charge is 0.272 e. The molecule has 0 fully saturated rings. The maximum atomic E-state index is 13.0. The fourth-order valence-electron chi connectivity index (χ4n) is 3.13. The number of thioether (sulfide) groups is 1. The van der Waals surface area contributed by atoms with Crippen molar-refractivity contribution in [2.45, 2.75) is 18.1 Å².